The second-order valence-electron chi connectivity index (χ2n) is 4.60. The van der Waals surface area contributed by atoms with Crippen LogP contribution in [0.2, 0.25) is 0 Å². The Morgan fingerprint density at radius 2 is 1.48 bits per heavy atom. The summed E-state index contributed by atoms with van der Waals surface area (Å²) in [5.41, 5.74) is 6.36. The largest absolute Gasteiger partial charge is 0.397 e. The quantitative estimate of drug-likeness (QED) is 0.422. The molecular formula is C16H14N2O4S. The van der Waals surface area contributed by atoms with Crippen molar-refractivity contribution in [1.82, 2.24) is 0 Å². The molecule has 0 aliphatic heterocycles. The molecule has 3 N–H and O–H groups in total. The number of nitroso groups, excluding NO2 is 1. The van der Waals surface area contributed by atoms with Crippen molar-refractivity contribution in [3.63, 3.8) is 0 Å². The van der Waals surface area contributed by atoms with E-state index in [1.165, 1.54) is 12.1 Å². The van der Waals surface area contributed by atoms with E-state index in [-0.39, 0.29) is 4.90 Å². The molecule has 0 atom stereocenters. The Morgan fingerprint density at radius 1 is 0.870 bits per heavy atom. The molecule has 6 nitrogen and oxygen atoms in total. The van der Waals surface area contributed by atoms with Crippen LogP contribution in [0.3, 0.4) is 0 Å². The monoisotopic (exact) mass is 330 g/mol. The van der Waals surface area contributed by atoms with Crippen molar-refractivity contribution in [2.75, 3.05) is 5.73 Å². The lowest BCUT2D eigenvalue weighted by molar-refractivity contribution is 0.483. The van der Waals surface area contributed by atoms with Crippen molar-refractivity contribution < 1.29 is 13.0 Å². The number of benzene rings is 3. The van der Waals surface area contributed by atoms with Crippen LogP contribution < -0.4 is 5.73 Å². The van der Waals surface area contributed by atoms with Crippen LogP contribution in [0.1, 0.15) is 0 Å². The summed E-state index contributed by atoms with van der Waals surface area (Å²) in [4.78, 5) is 10.4. The standard InChI is InChI=1S/C10H8N2O.C6H6O3S/c11-9-6-5-7-3-1-2-4-8(7)10(9)12-13;7-10(8,9)6-4-2-1-3-5-6/h1-6H,11H2;1-5H,(H,7,8,9). The second kappa shape index (κ2) is 6.99. The molecule has 3 aromatic rings. The Balaban J connectivity index is 0.000000174. The van der Waals surface area contributed by atoms with Crippen LogP contribution in [-0.4, -0.2) is 13.0 Å². The maximum atomic E-state index is 10.5. The average Bonchev–Trinajstić information content (AvgIpc) is 2.55. The highest BCUT2D eigenvalue weighted by Gasteiger charge is 2.06. The van der Waals surface area contributed by atoms with Crippen LogP contribution in [0, 0.1) is 4.91 Å². The molecule has 0 saturated heterocycles. The van der Waals surface area contributed by atoms with E-state index in [0.29, 0.717) is 11.4 Å². The minimum atomic E-state index is -4.00. The van der Waals surface area contributed by atoms with E-state index in [2.05, 4.69) is 5.18 Å². The van der Waals surface area contributed by atoms with E-state index in [4.69, 9.17) is 10.3 Å². The second-order valence-corrected chi connectivity index (χ2v) is 6.03. The first-order valence-electron chi connectivity index (χ1n) is 6.56. The van der Waals surface area contributed by atoms with Crippen LogP contribution >= 0.6 is 0 Å². The van der Waals surface area contributed by atoms with Crippen molar-refractivity contribution in [3.8, 4) is 0 Å². The molecule has 0 aliphatic rings. The molecule has 0 fully saturated rings. The van der Waals surface area contributed by atoms with E-state index >= 15 is 0 Å². The zero-order valence-electron chi connectivity index (χ0n) is 12.0. The first-order valence-corrected chi connectivity index (χ1v) is 8.00. The third kappa shape index (κ3) is 4.12. The van der Waals surface area contributed by atoms with Crippen molar-refractivity contribution in [3.05, 3.63) is 71.6 Å². The number of nitrogen functional groups attached to an aromatic ring is 1. The normalized spacial score (nSPS) is 10.7. The summed E-state index contributed by atoms with van der Waals surface area (Å²) in [5, 5.41) is 4.70. The molecule has 0 unspecified atom stereocenters. The highest BCUT2D eigenvalue weighted by molar-refractivity contribution is 7.85. The van der Waals surface area contributed by atoms with Crippen molar-refractivity contribution in [2.24, 2.45) is 5.18 Å². The molecule has 3 rings (SSSR count). The van der Waals surface area contributed by atoms with Gasteiger partial charge in [0.25, 0.3) is 10.1 Å². The summed E-state index contributed by atoms with van der Waals surface area (Å²) >= 11 is 0. The van der Waals surface area contributed by atoms with Crippen molar-refractivity contribution in [2.45, 2.75) is 4.90 Å². The summed E-state index contributed by atoms with van der Waals surface area (Å²) in [7, 11) is -4.00. The number of fused-ring (bicyclic) bond motifs is 1. The number of nitrogens with two attached hydrogens (primary N) is 1. The Morgan fingerprint density at radius 3 is 2.04 bits per heavy atom. The highest BCUT2D eigenvalue weighted by Crippen LogP contribution is 2.31. The molecule has 118 valence electrons. The predicted molar refractivity (Wildman–Crippen MR) is 90.1 cm³/mol. The van der Waals surface area contributed by atoms with Gasteiger partial charge < -0.3 is 5.73 Å². The van der Waals surface area contributed by atoms with Gasteiger partial charge in [0.15, 0.2) is 0 Å². The van der Waals surface area contributed by atoms with Crippen LogP contribution in [0.4, 0.5) is 11.4 Å². The SMILES string of the molecule is Nc1ccc2ccccc2c1N=O.O=S(=O)(O)c1ccccc1. The zero-order valence-corrected chi connectivity index (χ0v) is 12.8. The third-order valence-corrected chi connectivity index (χ3v) is 3.93. The summed E-state index contributed by atoms with van der Waals surface area (Å²) in [6.45, 7) is 0. The number of rotatable bonds is 2. The Kier molecular flexibility index (Phi) is 5.05. The molecule has 0 heterocycles. The molecular weight excluding hydrogens is 316 g/mol. The summed E-state index contributed by atoms with van der Waals surface area (Å²) in [6, 6.07) is 18.5. The third-order valence-electron chi connectivity index (χ3n) is 3.06. The Hall–Kier alpha value is -2.77. The van der Waals surface area contributed by atoms with E-state index < -0.39 is 10.1 Å². The molecule has 0 aromatic heterocycles. The lowest BCUT2D eigenvalue weighted by atomic mass is 10.1. The number of anilines is 1. The Bertz CT molecular complexity index is 925. The fourth-order valence-corrected chi connectivity index (χ4v) is 2.47. The van der Waals surface area contributed by atoms with Crippen LogP contribution in [-0.2, 0) is 10.1 Å². The maximum Gasteiger partial charge on any atom is 0.294 e. The highest BCUT2D eigenvalue weighted by atomic mass is 32.2. The molecule has 0 spiro atoms. The van der Waals surface area contributed by atoms with Gasteiger partial charge in [-0.1, -0.05) is 48.5 Å². The Labute approximate surface area is 133 Å². The summed E-state index contributed by atoms with van der Waals surface area (Å²) < 4.78 is 29.2. The first kappa shape index (κ1) is 16.6. The van der Waals surface area contributed by atoms with Gasteiger partial charge in [-0.25, -0.2) is 0 Å². The van der Waals surface area contributed by atoms with Gasteiger partial charge in [0, 0.05) is 5.39 Å². The van der Waals surface area contributed by atoms with E-state index in [0.717, 1.165) is 10.8 Å². The first-order chi connectivity index (χ1) is 10.9. The number of hydrogen-bond acceptors (Lipinski definition) is 5. The minimum Gasteiger partial charge on any atom is -0.397 e. The van der Waals surface area contributed by atoms with Gasteiger partial charge >= 0.3 is 0 Å². The van der Waals surface area contributed by atoms with Crippen LogP contribution in [0.5, 0.6) is 0 Å². The molecule has 0 saturated carbocycles. The molecule has 0 bridgehead atoms. The molecule has 3 aromatic carbocycles. The van der Waals surface area contributed by atoms with Gasteiger partial charge in [0.05, 0.1) is 10.6 Å². The van der Waals surface area contributed by atoms with Gasteiger partial charge in [0.1, 0.15) is 5.69 Å². The number of nitrogens with zero attached hydrogens (tertiary/aromatic N) is 1. The minimum absolute atomic E-state index is 0.0741. The summed E-state index contributed by atoms with van der Waals surface area (Å²) in [5.74, 6) is 0. The van der Waals surface area contributed by atoms with E-state index in [1.54, 1.807) is 24.3 Å². The summed E-state index contributed by atoms with van der Waals surface area (Å²) in [6.07, 6.45) is 0. The smallest absolute Gasteiger partial charge is 0.294 e. The van der Waals surface area contributed by atoms with Crippen molar-refractivity contribution >= 4 is 32.3 Å². The van der Waals surface area contributed by atoms with Gasteiger partial charge in [-0.3, -0.25) is 4.55 Å². The fraction of sp³-hybridized carbons (Fsp3) is 0. The van der Waals surface area contributed by atoms with E-state index in [1.807, 2.05) is 30.3 Å². The van der Waals surface area contributed by atoms with Gasteiger partial charge in [-0.2, -0.15) is 8.42 Å². The van der Waals surface area contributed by atoms with Crippen LogP contribution in [0.15, 0.2) is 76.8 Å². The molecule has 7 heteroatoms. The zero-order chi connectivity index (χ0) is 16.9. The molecule has 0 aliphatic carbocycles. The molecule has 23 heavy (non-hydrogen) atoms. The average molecular weight is 330 g/mol. The molecule has 0 radical (unpaired) electrons. The predicted octanol–water partition coefficient (Wildman–Crippen LogP) is 3.75. The van der Waals surface area contributed by atoms with Gasteiger partial charge in [-0.15, -0.1) is 4.91 Å². The van der Waals surface area contributed by atoms with E-state index in [9.17, 15) is 13.3 Å². The van der Waals surface area contributed by atoms with Gasteiger partial charge in [0.2, 0.25) is 0 Å². The lowest BCUT2D eigenvalue weighted by Crippen LogP contribution is -1.96. The lowest BCUT2D eigenvalue weighted by Gasteiger charge is -2.01. The topological polar surface area (TPSA) is 110 Å². The van der Waals surface area contributed by atoms with Crippen molar-refractivity contribution in [1.29, 1.82) is 0 Å². The van der Waals surface area contributed by atoms with Gasteiger partial charge in [-0.05, 0) is 28.8 Å². The number of hydrogen-bond donors (Lipinski definition) is 2. The molecule has 0 amide bonds. The maximum absolute atomic E-state index is 10.5. The fourth-order valence-electron chi connectivity index (χ4n) is 1.97. The van der Waals surface area contributed by atoms with Crippen LogP contribution in [0.25, 0.3) is 10.8 Å².